The van der Waals surface area contributed by atoms with Crippen LogP contribution in [0.3, 0.4) is 0 Å². The molecular formula is C18H19NO2. The SMILES string of the molecule is C/C=C/OC(Cn1c2ccccc2c2ccccc21)OC. The normalized spacial score (nSPS) is 13.2. The quantitative estimate of drug-likeness (QED) is 0.513. The number of nitrogens with zero attached hydrogens (tertiary/aromatic N) is 1. The average Bonchev–Trinajstić information content (AvgIpc) is 2.86. The first-order valence-corrected chi connectivity index (χ1v) is 7.10. The van der Waals surface area contributed by atoms with Gasteiger partial charge in [0.05, 0.1) is 12.8 Å². The van der Waals surface area contributed by atoms with Crippen LogP contribution < -0.4 is 0 Å². The van der Waals surface area contributed by atoms with Crippen molar-refractivity contribution in [3.8, 4) is 0 Å². The summed E-state index contributed by atoms with van der Waals surface area (Å²) in [7, 11) is 1.67. The lowest BCUT2D eigenvalue weighted by Gasteiger charge is -2.17. The monoisotopic (exact) mass is 281 g/mol. The molecule has 3 heteroatoms. The largest absolute Gasteiger partial charge is 0.471 e. The van der Waals surface area contributed by atoms with Gasteiger partial charge >= 0.3 is 0 Å². The third-order valence-electron chi connectivity index (χ3n) is 3.64. The summed E-state index contributed by atoms with van der Waals surface area (Å²) in [6, 6.07) is 16.9. The number of methoxy groups -OCH3 is 1. The number of hydrogen-bond donors (Lipinski definition) is 0. The van der Waals surface area contributed by atoms with Crippen LogP contribution in [-0.2, 0) is 16.0 Å². The van der Waals surface area contributed by atoms with Crippen LogP contribution in [0.5, 0.6) is 0 Å². The molecule has 1 heterocycles. The Morgan fingerprint density at radius 3 is 2.10 bits per heavy atom. The molecule has 0 bridgehead atoms. The predicted molar refractivity (Wildman–Crippen MR) is 86.1 cm³/mol. The van der Waals surface area contributed by atoms with E-state index in [2.05, 4.69) is 53.1 Å². The molecule has 21 heavy (non-hydrogen) atoms. The van der Waals surface area contributed by atoms with Gasteiger partial charge in [0.15, 0.2) is 0 Å². The molecule has 0 aliphatic carbocycles. The Balaban J connectivity index is 2.10. The fraction of sp³-hybridized carbons (Fsp3) is 0.222. The lowest BCUT2D eigenvalue weighted by molar-refractivity contribution is -0.0906. The lowest BCUT2D eigenvalue weighted by Crippen LogP contribution is -2.20. The van der Waals surface area contributed by atoms with Gasteiger partial charge in [0, 0.05) is 28.9 Å². The van der Waals surface area contributed by atoms with E-state index in [0.29, 0.717) is 6.54 Å². The van der Waals surface area contributed by atoms with Crippen LogP contribution in [-0.4, -0.2) is 18.0 Å². The molecule has 108 valence electrons. The highest BCUT2D eigenvalue weighted by Gasteiger charge is 2.14. The Bertz CT molecular complexity index is 720. The van der Waals surface area contributed by atoms with Gasteiger partial charge in [-0.05, 0) is 19.1 Å². The van der Waals surface area contributed by atoms with Gasteiger partial charge in [-0.25, -0.2) is 0 Å². The number of benzene rings is 2. The van der Waals surface area contributed by atoms with Gasteiger partial charge in [0.1, 0.15) is 0 Å². The summed E-state index contributed by atoms with van der Waals surface area (Å²) >= 11 is 0. The van der Waals surface area contributed by atoms with Crippen LogP contribution in [0.2, 0.25) is 0 Å². The van der Waals surface area contributed by atoms with E-state index in [9.17, 15) is 0 Å². The van der Waals surface area contributed by atoms with Gasteiger partial charge in [-0.2, -0.15) is 0 Å². The number of hydrogen-bond acceptors (Lipinski definition) is 2. The average molecular weight is 281 g/mol. The molecule has 3 rings (SSSR count). The van der Waals surface area contributed by atoms with Gasteiger partial charge in [0.25, 0.3) is 0 Å². The fourth-order valence-electron chi connectivity index (χ4n) is 2.69. The Hall–Kier alpha value is -2.26. The highest BCUT2D eigenvalue weighted by atomic mass is 16.7. The van der Waals surface area contributed by atoms with E-state index in [-0.39, 0.29) is 6.29 Å². The highest BCUT2D eigenvalue weighted by Crippen LogP contribution is 2.29. The van der Waals surface area contributed by atoms with Crippen LogP contribution in [0, 0.1) is 0 Å². The minimum Gasteiger partial charge on any atom is -0.471 e. The predicted octanol–water partition coefficient (Wildman–Crippen LogP) is 4.32. The minimum atomic E-state index is -0.305. The number of aromatic nitrogens is 1. The van der Waals surface area contributed by atoms with Crippen molar-refractivity contribution in [1.29, 1.82) is 0 Å². The van der Waals surface area contributed by atoms with Crippen LogP contribution in [0.4, 0.5) is 0 Å². The van der Waals surface area contributed by atoms with Crippen molar-refractivity contribution < 1.29 is 9.47 Å². The number of fused-ring (bicyclic) bond motifs is 3. The van der Waals surface area contributed by atoms with Crippen molar-refractivity contribution in [3.05, 3.63) is 60.9 Å². The maximum absolute atomic E-state index is 5.59. The highest BCUT2D eigenvalue weighted by molar-refractivity contribution is 6.07. The Morgan fingerprint density at radius 2 is 1.57 bits per heavy atom. The maximum atomic E-state index is 5.59. The van der Waals surface area contributed by atoms with E-state index in [0.717, 1.165) is 0 Å². The third-order valence-corrected chi connectivity index (χ3v) is 3.64. The van der Waals surface area contributed by atoms with Gasteiger partial charge < -0.3 is 14.0 Å². The topological polar surface area (TPSA) is 23.4 Å². The zero-order valence-corrected chi connectivity index (χ0v) is 12.3. The first kappa shape index (κ1) is 13.7. The zero-order chi connectivity index (χ0) is 14.7. The molecule has 2 aromatic carbocycles. The van der Waals surface area contributed by atoms with Gasteiger partial charge in [-0.15, -0.1) is 0 Å². The number of rotatable bonds is 5. The smallest absolute Gasteiger partial charge is 0.216 e. The number of para-hydroxylation sites is 2. The summed E-state index contributed by atoms with van der Waals surface area (Å²) in [5, 5.41) is 2.52. The van der Waals surface area contributed by atoms with Crippen molar-refractivity contribution in [2.45, 2.75) is 19.8 Å². The third kappa shape index (κ3) is 2.52. The number of ether oxygens (including phenoxy) is 2. The maximum Gasteiger partial charge on any atom is 0.216 e. The molecule has 0 saturated heterocycles. The summed E-state index contributed by atoms with van der Waals surface area (Å²) in [5.41, 5.74) is 2.40. The molecule has 0 amide bonds. The van der Waals surface area contributed by atoms with Crippen molar-refractivity contribution >= 4 is 21.8 Å². The van der Waals surface area contributed by atoms with Crippen molar-refractivity contribution in [2.24, 2.45) is 0 Å². The number of allylic oxidation sites excluding steroid dienone is 1. The van der Waals surface area contributed by atoms with Crippen LogP contribution in [0.15, 0.2) is 60.9 Å². The van der Waals surface area contributed by atoms with E-state index in [1.807, 2.05) is 13.0 Å². The van der Waals surface area contributed by atoms with Gasteiger partial charge in [-0.3, -0.25) is 0 Å². The summed E-state index contributed by atoms with van der Waals surface area (Å²) < 4.78 is 13.3. The second-order valence-corrected chi connectivity index (χ2v) is 4.92. The molecule has 1 unspecified atom stereocenters. The van der Waals surface area contributed by atoms with E-state index in [1.54, 1.807) is 13.4 Å². The second kappa shape index (κ2) is 6.02. The summed E-state index contributed by atoms with van der Waals surface area (Å²) in [6.45, 7) is 2.57. The van der Waals surface area contributed by atoms with Crippen molar-refractivity contribution in [1.82, 2.24) is 4.57 Å². The Labute approximate surface area is 124 Å². The molecule has 3 aromatic rings. The van der Waals surface area contributed by atoms with Gasteiger partial charge in [0.2, 0.25) is 6.29 Å². The van der Waals surface area contributed by atoms with E-state index >= 15 is 0 Å². The molecule has 1 atom stereocenters. The molecule has 0 aliphatic heterocycles. The molecule has 0 radical (unpaired) electrons. The summed E-state index contributed by atoms with van der Waals surface area (Å²) in [5.74, 6) is 0. The summed E-state index contributed by atoms with van der Waals surface area (Å²) in [6.07, 6.45) is 3.22. The molecule has 0 spiro atoms. The van der Waals surface area contributed by atoms with Crippen molar-refractivity contribution in [3.63, 3.8) is 0 Å². The molecular weight excluding hydrogens is 262 g/mol. The van der Waals surface area contributed by atoms with Crippen molar-refractivity contribution in [2.75, 3.05) is 7.11 Å². The van der Waals surface area contributed by atoms with Crippen LogP contribution >= 0.6 is 0 Å². The second-order valence-electron chi connectivity index (χ2n) is 4.92. The molecule has 1 aromatic heterocycles. The standard InChI is InChI=1S/C18H19NO2/c1-3-12-21-18(20-2)13-19-16-10-6-4-8-14(16)15-9-5-7-11-17(15)19/h3-12,18H,13H2,1-2H3/b12-3+. The lowest BCUT2D eigenvalue weighted by atomic mass is 10.2. The molecule has 0 N–H and O–H groups in total. The summed E-state index contributed by atoms with van der Waals surface area (Å²) in [4.78, 5) is 0. The first-order chi connectivity index (χ1) is 10.3. The fourth-order valence-corrected chi connectivity index (χ4v) is 2.69. The Kier molecular flexibility index (Phi) is 3.93. The van der Waals surface area contributed by atoms with Gasteiger partial charge in [-0.1, -0.05) is 42.5 Å². The minimum absolute atomic E-state index is 0.305. The van der Waals surface area contributed by atoms with Crippen LogP contribution in [0.1, 0.15) is 6.92 Å². The zero-order valence-electron chi connectivity index (χ0n) is 12.3. The van der Waals surface area contributed by atoms with Crippen LogP contribution in [0.25, 0.3) is 21.8 Å². The molecule has 0 aliphatic rings. The molecule has 0 fully saturated rings. The molecule has 0 saturated carbocycles. The molecule has 3 nitrogen and oxygen atoms in total. The first-order valence-electron chi connectivity index (χ1n) is 7.10. The van der Waals surface area contributed by atoms with E-state index in [4.69, 9.17) is 9.47 Å². The van der Waals surface area contributed by atoms with E-state index < -0.39 is 0 Å². The van der Waals surface area contributed by atoms with E-state index in [1.165, 1.54) is 21.8 Å². The Morgan fingerprint density at radius 1 is 1.00 bits per heavy atom.